The van der Waals surface area contributed by atoms with Gasteiger partial charge in [-0.05, 0) is 6.07 Å². The molecule has 0 bridgehead atoms. The van der Waals surface area contributed by atoms with Gasteiger partial charge in [0.25, 0.3) is 0 Å². The Morgan fingerprint density at radius 1 is 1.69 bits per heavy atom. The van der Waals surface area contributed by atoms with Crippen molar-refractivity contribution >= 4 is 17.5 Å². The first kappa shape index (κ1) is 8.65. The monoisotopic (exact) mass is 195 g/mol. The molecule has 5 heteroatoms. The molecule has 1 aliphatic rings. The summed E-state index contributed by atoms with van der Waals surface area (Å²) in [5.41, 5.74) is 0.329. The summed E-state index contributed by atoms with van der Waals surface area (Å²) in [6.07, 6.45) is 4.22. The summed E-state index contributed by atoms with van der Waals surface area (Å²) in [6, 6.07) is 1.53. The first-order valence-electron chi connectivity index (χ1n) is 3.83. The third-order valence-corrected chi connectivity index (χ3v) is 3.16. The predicted molar refractivity (Wildman–Crippen MR) is 46.8 cm³/mol. The molecule has 67 valence electrons. The molecule has 1 saturated heterocycles. The number of hydrogen-bond acceptors (Lipinski definition) is 5. The van der Waals surface area contributed by atoms with E-state index in [1.165, 1.54) is 24.0 Å². The van der Waals surface area contributed by atoms with E-state index in [0.717, 1.165) is 0 Å². The molecule has 1 atom stereocenters. The summed E-state index contributed by atoms with van der Waals surface area (Å²) in [7, 11) is 0. The fourth-order valence-corrected chi connectivity index (χ4v) is 2.32. The van der Waals surface area contributed by atoms with Crippen LogP contribution in [0.15, 0.2) is 12.3 Å². The quantitative estimate of drug-likeness (QED) is 0.690. The van der Waals surface area contributed by atoms with E-state index in [0.29, 0.717) is 17.9 Å². The number of hydrogen-bond donors (Lipinski definition) is 1. The number of rotatable bonds is 1. The topological polar surface area (TPSA) is 63.1 Å². The van der Waals surface area contributed by atoms with Crippen LogP contribution in [0, 0.1) is 6.33 Å². The number of nitrogens with zero attached hydrogens (tertiary/aromatic N) is 2. The van der Waals surface area contributed by atoms with Crippen LogP contribution in [-0.4, -0.2) is 26.6 Å². The lowest BCUT2D eigenvalue weighted by molar-refractivity contribution is -0.128. The average molecular weight is 195 g/mol. The van der Waals surface area contributed by atoms with Crippen molar-refractivity contribution in [3.05, 3.63) is 24.3 Å². The highest BCUT2D eigenvalue weighted by atomic mass is 32.2. The zero-order chi connectivity index (χ0) is 9.31. The van der Waals surface area contributed by atoms with Gasteiger partial charge in [-0.15, -0.1) is 11.8 Å². The fraction of sp³-hybridized carbons (Fsp3) is 0.375. The van der Waals surface area contributed by atoms with Crippen LogP contribution in [0.4, 0.5) is 0 Å². The van der Waals surface area contributed by atoms with Crippen molar-refractivity contribution in [1.82, 2.24) is 9.97 Å². The lowest BCUT2D eigenvalue weighted by atomic mass is 10.1. The fourth-order valence-electron chi connectivity index (χ4n) is 1.21. The Kier molecular flexibility index (Phi) is 2.05. The molecule has 0 aliphatic carbocycles. The summed E-state index contributed by atoms with van der Waals surface area (Å²) in [5, 5.41) is 9.93. The molecule has 0 aromatic carbocycles. The van der Waals surface area contributed by atoms with Crippen molar-refractivity contribution in [2.75, 3.05) is 5.75 Å². The molecule has 1 N–H and O–H groups in total. The minimum atomic E-state index is -1.46. The van der Waals surface area contributed by atoms with Gasteiger partial charge in [-0.2, -0.15) is 0 Å². The second kappa shape index (κ2) is 3.08. The normalized spacial score (nSPS) is 27.9. The van der Waals surface area contributed by atoms with Gasteiger partial charge >= 0.3 is 0 Å². The summed E-state index contributed by atoms with van der Waals surface area (Å²) in [6.45, 7) is 0. The molecule has 2 heterocycles. The van der Waals surface area contributed by atoms with Crippen LogP contribution < -0.4 is 0 Å². The van der Waals surface area contributed by atoms with Crippen molar-refractivity contribution in [1.29, 1.82) is 0 Å². The number of aliphatic hydroxyl groups is 1. The first-order valence-corrected chi connectivity index (χ1v) is 4.81. The van der Waals surface area contributed by atoms with Gasteiger partial charge in [-0.25, -0.2) is 9.97 Å². The van der Waals surface area contributed by atoms with E-state index in [2.05, 4.69) is 16.3 Å². The molecule has 0 amide bonds. The van der Waals surface area contributed by atoms with Crippen molar-refractivity contribution < 1.29 is 9.90 Å². The van der Waals surface area contributed by atoms with E-state index in [-0.39, 0.29) is 5.78 Å². The van der Waals surface area contributed by atoms with Gasteiger partial charge in [-0.3, -0.25) is 4.79 Å². The zero-order valence-corrected chi connectivity index (χ0v) is 7.54. The van der Waals surface area contributed by atoms with Gasteiger partial charge < -0.3 is 5.11 Å². The molecule has 1 aliphatic heterocycles. The largest absolute Gasteiger partial charge is 0.368 e. The second-order valence-corrected chi connectivity index (χ2v) is 4.00. The van der Waals surface area contributed by atoms with Gasteiger partial charge in [0.15, 0.2) is 12.1 Å². The standard InChI is InChI=1S/C8H7N2O2S/c11-7-2-4-13-8(7,12)6-1-3-9-5-10-6/h1,3,12H,2,4H2. The van der Waals surface area contributed by atoms with Gasteiger partial charge in [-0.1, -0.05) is 0 Å². The number of carbonyl (C=O) groups excluding carboxylic acids is 1. The van der Waals surface area contributed by atoms with Crippen molar-refractivity contribution in [3.8, 4) is 0 Å². The molecule has 1 aromatic heterocycles. The Balaban J connectivity index is 2.40. The molecule has 4 nitrogen and oxygen atoms in total. The molecule has 13 heavy (non-hydrogen) atoms. The maximum absolute atomic E-state index is 11.4. The number of thioether (sulfide) groups is 1. The minimum Gasteiger partial charge on any atom is -0.368 e. The molecule has 1 fully saturated rings. The molecule has 2 rings (SSSR count). The van der Waals surface area contributed by atoms with Crippen LogP contribution in [0.2, 0.25) is 0 Å². The molecule has 1 unspecified atom stereocenters. The number of Topliss-reactive ketones (excluding diaryl/α,β-unsaturated/α-hetero) is 1. The van der Waals surface area contributed by atoms with E-state index in [1.54, 1.807) is 0 Å². The highest BCUT2D eigenvalue weighted by Crippen LogP contribution is 2.40. The smallest absolute Gasteiger partial charge is 0.212 e. The van der Waals surface area contributed by atoms with Crippen LogP contribution in [0.25, 0.3) is 0 Å². The lowest BCUT2D eigenvalue weighted by Crippen LogP contribution is -2.28. The highest BCUT2D eigenvalue weighted by Gasteiger charge is 2.43. The molecular formula is C8H7N2O2S. The maximum atomic E-state index is 11.4. The van der Waals surface area contributed by atoms with Gasteiger partial charge in [0.2, 0.25) is 4.93 Å². The third kappa shape index (κ3) is 1.34. The van der Waals surface area contributed by atoms with Gasteiger partial charge in [0, 0.05) is 18.4 Å². The Morgan fingerprint density at radius 2 is 2.54 bits per heavy atom. The predicted octanol–water partition coefficient (Wildman–Crippen LogP) is 0.128. The van der Waals surface area contributed by atoms with E-state index in [9.17, 15) is 9.90 Å². The molecule has 0 saturated carbocycles. The Bertz CT molecular complexity index is 330. The van der Waals surface area contributed by atoms with Crippen molar-refractivity contribution in [2.24, 2.45) is 0 Å². The van der Waals surface area contributed by atoms with E-state index < -0.39 is 4.93 Å². The molecule has 1 radical (unpaired) electrons. The molecule has 1 aromatic rings. The molecular weight excluding hydrogens is 188 g/mol. The number of ketones is 1. The average Bonchev–Trinajstić information content (AvgIpc) is 2.50. The van der Waals surface area contributed by atoms with E-state index in [1.807, 2.05) is 0 Å². The number of carbonyl (C=O) groups is 1. The summed E-state index contributed by atoms with van der Waals surface area (Å²) in [5.74, 6) is 0.448. The van der Waals surface area contributed by atoms with Crippen LogP contribution in [-0.2, 0) is 9.73 Å². The SMILES string of the molecule is O=C1CCSC1(O)c1ccn[c]n1. The lowest BCUT2D eigenvalue weighted by Gasteiger charge is -2.17. The van der Waals surface area contributed by atoms with Crippen LogP contribution in [0.1, 0.15) is 12.1 Å². The Hall–Kier alpha value is -0.940. The van der Waals surface area contributed by atoms with Crippen LogP contribution in [0.5, 0.6) is 0 Å². The Labute approximate surface area is 79.4 Å². The number of aromatic nitrogens is 2. The van der Waals surface area contributed by atoms with Crippen LogP contribution >= 0.6 is 11.8 Å². The summed E-state index contributed by atoms with van der Waals surface area (Å²) >= 11 is 1.20. The van der Waals surface area contributed by atoms with Crippen molar-refractivity contribution in [3.63, 3.8) is 0 Å². The summed E-state index contributed by atoms with van der Waals surface area (Å²) in [4.78, 5) is 17.3. The van der Waals surface area contributed by atoms with Crippen LogP contribution in [0.3, 0.4) is 0 Å². The minimum absolute atomic E-state index is 0.190. The Morgan fingerprint density at radius 3 is 3.08 bits per heavy atom. The second-order valence-electron chi connectivity index (χ2n) is 2.71. The summed E-state index contributed by atoms with van der Waals surface area (Å²) < 4.78 is 0. The zero-order valence-electron chi connectivity index (χ0n) is 6.73. The highest BCUT2D eigenvalue weighted by molar-refractivity contribution is 8.01. The van der Waals surface area contributed by atoms with E-state index in [4.69, 9.17) is 0 Å². The first-order chi connectivity index (χ1) is 6.23. The molecule has 0 spiro atoms. The van der Waals surface area contributed by atoms with Crippen molar-refractivity contribution in [2.45, 2.75) is 11.4 Å². The maximum Gasteiger partial charge on any atom is 0.212 e. The van der Waals surface area contributed by atoms with E-state index >= 15 is 0 Å². The van der Waals surface area contributed by atoms with Gasteiger partial charge in [0.05, 0.1) is 5.69 Å². The third-order valence-electron chi connectivity index (χ3n) is 1.90. The van der Waals surface area contributed by atoms with Gasteiger partial charge in [0.1, 0.15) is 0 Å².